The molecule has 0 atom stereocenters. The van der Waals surface area contributed by atoms with E-state index in [2.05, 4.69) is 4.74 Å². The quantitative estimate of drug-likeness (QED) is 0.521. The van der Waals surface area contributed by atoms with Gasteiger partial charge >= 0.3 is 24.4 Å². The van der Waals surface area contributed by atoms with Crippen LogP contribution in [0.3, 0.4) is 0 Å². The van der Waals surface area contributed by atoms with E-state index in [1.54, 1.807) is 24.0 Å². The number of hydrogen-bond donors (Lipinski definition) is 1. The van der Waals surface area contributed by atoms with E-state index >= 15 is 0 Å². The standard InChI is InChI=1S/C22H27F7N2O4/c1-13-4-5-14(15(16(13)23)6-7-20(2,3)18(32)33)12-30-8-10-31(11-9-30)19(34)35-17(21(24,25)26)22(27,28)29/h4-5,17H,6-12H2,1-3H3,(H,32,33). The van der Waals surface area contributed by atoms with Gasteiger partial charge in [-0.15, -0.1) is 0 Å². The fraction of sp³-hybridized carbons (Fsp3) is 0.636. The highest BCUT2D eigenvalue weighted by atomic mass is 19.4. The highest BCUT2D eigenvalue weighted by molar-refractivity contribution is 5.73. The SMILES string of the molecule is Cc1ccc(CN2CCN(C(=O)OC(C(F)(F)F)C(F)(F)F)CC2)c(CCC(C)(C)C(=O)O)c1F. The Morgan fingerprint density at radius 2 is 1.57 bits per heavy atom. The first-order chi connectivity index (χ1) is 15.9. The molecule has 1 aromatic carbocycles. The Kier molecular flexibility index (Phi) is 8.67. The van der Waals surface area contributed by atoms with Gasteiger partial charge in [-0.3, -0.25) is 9.69 Å². The van der Waals surface area contributed by atoms with Crippen LogP contribution >= 0.6 is 0 Å². The van der Waals surface area contributed by atoms with Crippen molar-refractivity contribution < 1.29 is 50.2 Å². The molecule has 6 nitrogen and oxygen atoms in total. The Labute approximate surface area is 197 Å². The molecule has 1 aromatic rings. The molecular formula is C22H27F7N2O4. The van der Waals surface area contributed by atoms with Gasteiger partial charge in [-0.1, -0.05) is 12.1 Å². The molecule has 0 radical (unpaired) electrons. The van der Waals surface area contributed by atoms with Crippen LogP contribution in [0.5, 0.6) is 0 Å². The zero-order chi connectivity index (χ0) is 26.8. The number of alkyl halides is 6. The number of ether oxygens (including phenoxy) is 1. The minimum atomic E-state index is -5.79. The summed E-state index contributed by atoms with van der Waals surface area (Å²) in [7, 11) is 0. The number of nitrogens with zero attached hydrogens (tertiary/aromatic N) is 2. The number of amides is 1. The maximum atomic E-state index is 14.9. The summed E-state index contributed by atoms with van der Waals surface area (Å²) in [6, 6.07) is 3.26. The number of rotatable bonds is 7. The van der Waals surface area contributed by atoms with E-state index in [0.29, 0.717) is 16.7 Å². The monoisotopic (exact) mass is 516 g/mol. The van der Waals surface area contributed by atoms with E-state index in [4.69, 9.17) is 0 Å². The number of carboxylic acids is 1. The van der Waals surface area contributed by atoms with Crippen molar-refractivity contribution in [3.05, 3.63) is 34.6 Å². The van der Waals surface area contributed by atoms with Crippen LogP contribution in [0.2, 0.25) is 0 Å². The Hall–Kier alpha value is -2.57. The van der Waals surface area contributed by atoms with Crippen molar-refractivity contribution in [1.82, 2.24) is 9.80 Å². The molecule has 0 saturated carbocycles. The number of hydrogen-bond acceptors (Lipinski definition) is 4. The normalized spacial score (nSPS) is 16.0. The van der Waals surface area contributed by atoms with E-state index < -0.39 is 41.8 Å². The number of aliphatic carboxylic acids is 1. The summed E-state index contributed by atoms with van der Waals surface area (Å²) in [4.78, 5) is 25.8. The molecule has 198 valence electrons. The van der Waals surface area contributed by atoms with Gasteiger partial charge in [0, 0.05) is 32.7 Å². The Balaban J connectivity index is 2.05. The van der Waals surface area contributed by atoms with Crippen molar-refractivity contribution >= 4 is 12.1 Å². The van der Waals surface area contributed by atoms with Crippen LogP contribution < -0.4 is 0 Å². The minimum absolute atomic E-state index is 0.105. The van der Waals surface area contributed by atoms with E-state index in [1.165, 1.54) is 13.8 Å². The van der Waals surface area contributed by atoms with Crippen LogP contribution in [0.25, 0.3) is 0 Å². The summed E-state index contributed by atoms with van der Waals surface area (Å²) in [5, 5.41) is 9.32. The summed E-state index contributed by atoms with van der Waals surface area (Å²) in [6.07, 6.45) is -17.2. The Bertz CT molecular complexity index is 910. The van der Waals surface area contributed by atoms with Crippen molar-refractivity contribution in [2.24, 2.45) is 5.41 Å². The van der Waals surface area contributed by atoms with Gasteiger partial charge in [0.05, 0.1) is 5.41 Å². The van der Waals surface area contributed by atoms with Crippen molar-refractivity contribution in [1.29, 1.82) is 0 Å². The molecular weight excluding hydrogens is 489 g/mol. The van der Waals surface area contributed by atoms with Crippen LogP contribution in [-0.4, -0.2) is 71.6 Å². The van der Waals surface area contributed by atoms with E-state index in [1.807, 2.05) is 0 Å². The van der Waals surface area contributed by atoms with Gasteiger partial charge in [-0.2, -0.15) is 26.3 Å². The van der Waals surface area contributed by atoms with Gasteiger partial charge in [0.25, 0.3) is 6.10 Å². The average Bonchev–Trinajstić information content (AvgIpc) is 2.73. The Morgan fingerprint density at radius 1 is 1.03 bits per heavy atom. The first kappa shape index (κ1) is 28.7. The first-order valence-corrected chi connectivity index (χ1v) is 10.7. The summed E-state index contributed by atoms with van der Waals surface area (Å²) in [6.45, 7) is 4.68. The van der Waals surface area contributed by atoms with Gasteiger partial charge in [-0.25, -0.2) is 9.18 Å². The summed E-state index contributed by atoms with van der Waals surface area (Å²) in [5.41, 5.74) is 0.233. The van der Waals surface area contributed by atoms with E-state index in [9.17, 15) is 45.4 Å². The van der Waals surface area contributed by atoms with Crippen LogP contribution in [0.1, 0.15) is 37.0 Å². The van der Waals surface area contributed by atoms with Crippen molar-refractivity contribution in [3.8, 4) is 0 Å². The van der Waals surface area contributed by atoms with Gasteiger partial charge in [0.15, 0.2) is 0 Å². The maximum absolute atomic E-state index is 14.9. The summed E-state index contributed by atoms with van der Waals surface area (Å²) in [5.74, 6) is -1.48. The fourth-order valence-corrected chi connectivity index (χ4v) is 3.57. The molecule has 35 heavy (non-hydrogen) atoms. The molecule has 1 fully saturated rings. The topological polar surface area (TPSA) is 70.1 Å². The van der Waals surface area contributed by atoms with Crippen LogP contribution in [0, 0.1) is 18.2 Å². The van der Waals surface area contributed by atoms with Gasteiger partial charge in [-0.05, 0) is 50.3 Å². The third kappa shape index (κ3) is 7.45. The lowest BCUT2D eigenvalue weighted by atomic mass is 9.85. The smallest absolute Gasteiger partial charge is 0.434 e. The Morgan fingerprint density at radius 3 is 2.06 bits per heavy atom. The fourth-order valence-electron chi connectivity index (χ4n) is 3.57. The highest BCUT2D eigenvalue weighted by Gasteiger charge is 2.60. The van der Waals surface area contributed by atoms with Crippen LogP contribution in [0.15, 0.2) is 12.1 Å². The lowest BCUT2D eigenvalue weighted by Gasteiger charge is -2.35. The number of aryl methyl sites for hydroxylation is 1. The third-order valence-electron chi connectivity index (χ3n) is 5.95. The minimum Gasteiger partial charge on any atom is -0.481 e. The second-order valence-corrected chi connectivity index (χ2v) is 9.13. The van der Waals surface area contributed by atoms with Gasteiger partial charge < -0.3 is 14.7 Å². The van der Waals surface area contributed by atoms with Gasteiger partial charge in [0.1, 0.15) is 5.82 Å². The number of carbonyl (C=O) groups is 2. The second kappa shape index (κ2) is 10.6. The third-order valence-corrected chi connectivity index (χ3v) is 5.95. The van der Waals surface area contributed by atoms with Crippen molar-refractivity contribution in [3.63, 3.8) is 0 Å². The van der Waals surface area contributed by atoms with Crippen LogP contribution in [0.4, 0.5) is 35.5 Å². The predicted octanol–water partition coefficient (Wildman–Crippen LogP) is 4.92. The number of benzene rings is 1. The first-order valence-electron chi connectivity index (χ1n) is 10.7. The maximum Gasteiger partial charge on any atom is 0.434 e. The molecule has 0 bridgehead atoms. The average molecular weight is 516 g/mol. The molecule has 1 aliphatic heterocycles. The number of carbonyl (C=O) groups excluding carboxylic acids is 1. The molecule has 0 aromatic heterocycles. The molecule has 1 saturated heterocycles. The lowest BCUT2D eigenvalue weighted by Crippen LogP contribution is -2.52. The molecule has 13 heteroatoms. The van der Waals surface area contributed by atoms with E-state index in [0.717, 1.165) is 4.90 Å². The molecule has 0 aliphatic carbocycles. The number of halogens is 7. The van der Waals surface area contributed by atoms with Crippen molar-refractivity contribution in [2.45, 2.75) is 58.6 Å². The number of carboxylic acid groups (broad SMARTS) is 1. The van der Waals surface area contributed by atoms with Gasteiger partial charge in [0.2, 0.25) is 0 Å². The second-order valence-electron chi connectivity index (χ2n) is 9.13. The summed E-state index contributed by atoms with van der Waals surface area (Å²) >= 11 is 0. The number of piperazine rings is 1. The zero-order valence-electron chi connectivity index (χ0n) is 19.4. The van der Waals surface area contributed by atoms with Crippen LogP contribution in [-0.2, 0) is 22.5 Å². The largest absolute Gasteiger partial charge is 0.481 e. The highest BCUT2D eigenvalue weighted by Crippen LogP contribution is 2.36. The molecule has 1 N–H and O–H groups in total. The van der Waals surface area contributed by atoms with Crippen molar-refractivity contribution in [2.75, 3.05) is 26.2 Å². The molecule has 1 heterocycles. The zero-order valence-corrected chi connectivity index (χ0v) is 19.4. The molecule has 1 amide bonds. The predicted molar refractivity (Wildman–Crippen MR) is 110 cm³/mol. The lowest BCUT2D eigenvalue weighted by molar-refractivity contribution is -0.308. The summed E-state index contributed by atoms with van der Waals surface area (Å²) < 4.78 is 94.4. The molecule has 0 spiro atoms. The molecule has 2 rings (SSSR count). The van der Waals surface area contributed by atoms with E-state index in [-0.39, 0.29) is 45.6 Å². The molecule has 1 aliphatic rings. The molecule has 0 unspecified atom stereocenters.